The second-order valence-electron chi connectivity index (χ2n) is 9.88. The smallest absolute Gasteiger partial charge is 0.318 e. The molecule has 2 aliphatic rings. The second-order valence-corrected chi connectivity index (χ2v) is 9.88. The Morgan fingerprint density at radius 3 is 2.39 bits per heavy atom. The number of aryl methyl sites for hydroxylation is 1. The van der Waals surface area contributed by atoms with Gasteiger partial charge in [-0.2, -0.15) is 5.10 Å². The molecule has 1 unspecified atom stereocenters. The number of fused-ring (bicyclic) bond motifs is 3. The van der Waals surface area contributed by atoms with Gasteiger partial charge in [0.05, 0.1) is 29.7 Å². The first kappa shape index (κ1) is 22.7. The predicted molar refractivity (Wildman–Crippen MR) is 142 cm³/mol. The van der Waals surface area contributed by atoms with Crippen molar-refractivity contribution in [3.05, 3.63) is 102 Å². The van der Waals surface area contributed by atoms with Crippen LogP contribution in [-0.4, -0.2) is 31.3 Å². The van der Waals surface area contributed by atoms with Crippen molar-refractivity contribution in [2.24, 2.45) is 0 Å². The van der Waals surface area contributed by atoms with E-state index >= 15 is 0 Å². The molecule has 1 fully saturated rings. The van der Waals surface area contributed by atoms with E-state index in [9.17, 15) is 4.79 Å². The van der Waals surface area contributed by atoms with Gasteiger partial charge in [0.15, 0.2) is 0 Å². The molecule has 2 aromatic heterocycles. The maximum absolute atomic E-state index is 14.0. The summed E-state index contributed by atoms with van der Waals surface area (Å²) in [6, 6.07) is 24.9. The van der Waals surface area contributed by atoms with Crippen molar-refractivity contribution in [2.45, 2.75) is 64.1 Å². The fraction of sp³-hybridized carbons (Fsp3) is 0.333. The highest BCUT2D eigenvalue weighted by atomic mass is 16.2. The number of benzene rings is 2. The maximum Gasteiger partial charge on any atom is 0.318 e. The zero-order chi connectivity index (χ0) is 24.5. The number of amides is 2. The minimum absolute atomic E-state index is 0.00543. The predicted octanol–water partition coefficient (Wildman–Crippen LogP) is 6.17. The third-order valence-electron chi connectivity index (χ3n) is 7.61. The third-order valence-corrected chi connectivity index (χ3v) is 7.61. The molecule has 0 bridgehead atoms. The van der Waals surface area contributed by atoms with Gasteiger partial charge in [0, 0.05) is 17.8 Å². The summed E-state index contributed by atoms with van der Waals surface area (Å²) in [5, 5.41) is 8.44. The van der Waals surface area contributed by atoms with E-state index in [4.69, 9.17) is 5.10 Å². The molecule has 6 nitrogen and oxygen atoms in total. The van der Waals surface area contributed by atoms with Gasteiger partial charge in [-0.3, -0.25) is 0 Å². The Bertz CT molecular complexity index is 1330. The zero-order valence-electron chi connectivity index (χ0n) is 20.8. The molecule has 3 heterocycles. The van der Waals surface area contributed by atoms with Crippen molar-refractivity contribution in [2.75, 3.05) is 0 Å². The van der Waals surface area contributed by atoms with Crippen LogP contribution in [0.3, 0.4) is 0 Å². The van der Waals surface area contributed by atoms with Crippen LogP contribution in [0.15, 0.2) is 79.0 Å². The summed E-state index contributed by atoms with van der Waals surface area (Å²) in [5.74, 6) is 1.02. The monoisotopic (exact) mass is 479 g/mol. The first-order valence-corrected chi connectivity index (χ1v) is 13.2. The minimum Gasteiger partial charge on any atom is -0.335 e. The summed E-state index contributed by atoms with van der Waals surface area (Å²) in [4.78, 5) is 16.0. The van der Waals surface area contributed by atoms with Crippen LogP contribution in [0.5, 0.6) is 0 Å². The SMILES string of the molecule is CCc1nn(-c2ccccc2)c2c1CN(C(=O)NC1CCCCC1)C(c1ccccc1)c1cccn1-2. The van der Waals surface area contributed by atoms with Crippen LogP contribution in [0.1, 0.15) is 67.6 Å². The summed E-state index contributed by atoms with van der Waals surface area (Å²) in [5.41, 5.74) is 5.33. The molecular formula is C30H33N5O. The summed E-state index contributed by atoms with van der Waals surface area (Å²) < 4.78 is 4.28. The Morgan fingerprint density at radius 1 is 0.944 bits per heavy atom. The van der Waals surface area contributed by atoms with E-state index in [0.717, 1.165) is 53.3 Å². The molecule has 36 heavy (non-hydrogen) atoms. The van der Waals surface area contributed by atoms with Gasteiger partial charge in [0.2, 0.25) is 0 Å². The van der Waals surface area contributed by atoms with Crippen molar-refractivity contribution in [1.29, 1.82) is 0 Å². The number of hydrogen-bond acceptors (Lipinski definition) is 2. The van der Waals surface area contributed by atoms with Gasteiger partial charge in [-0.1, -0.05) is 74.7 Å². The van der Waals surface area contributed by atoms with Crippen molar-refractivity contribution in [3.63, 3.8) is 0 Å². The molecule has 184 valence electrons. The molecule has 1 atom stereocenters. The second kappa shape index (κ2) is 9.69. The molecule has 1 saturated carbocycles. The highest BCUT2D eigenvalue weighted by Gasteiger charge is 2.36. The fourth-order valence-corrected chi connectivity index (χ4v) is 5.84. The van der Waals surface area contributed by atoms with Crippen molar-refractivity contribution >= 4 is 6.03 Å². The third kappa shape index (κ3) is 4.00. The average Bonchev–Trinajstić information content (AvgIpc) is 3.51. The standard InChI is InChI=1S/C30H33N5O/c1-2-26-25-21-34(30(36)31-23-15-8-4-9-16-23)28(22-13-6-3-7-14-22)27-19-12-20-33(27)29(25)35(32-26)24-17-10-5-11-18-24/h3,5-7,10-14,17-20,23,28H,2,4,8-9,15-16,21H2,1H3,(H,31,36). The van der Waals surface area contributed by atoms with Gasteiger partial charge in [-0.25, -0.2) is 9.48 Å². The number of carbonyl (C=O) groups is 1. The normalized spacial score (nSPS) is 17.8. The molecule has 0 saturated heterocycles. The lowest BCUT2D eigenvalue weighted by Gasteiger charge is -2.33. The molecule has 0 radical (unpaired) electrons. The van der Waals surface area contributed by atoms with Crippen LogP contribution < -0.4 is 5.32 Å². The number of nitrogens with one attached hydrogen (secondary N) is 1. The van der Waals surface area contributed by atoms with Crippen molar-refractivity contribution in [1.82, 2.24) is 24.6 Å². The lowest BCUT2D eigenvalue weighted by atomic mass is 9.95. The number of carbonyl (C=O) groups excluding carboxylic acids is 1. The molecule has 1 aliphatic carbocycles. The summed E-state index contributed by atoms with van der Waals surface area (Å²) in [6.07, 6.45) is 8.65. The van der Waals surface area contributed by atoms with Gasteiger partial charge < -0.3 is 14.8 Å². The Balaban J connectivity index is 1.52. The molecular weight excluding hydrogens is 446 g/mol. The fourth-order valence-electron chi connectivity index (χ4n) is 5.84. The van der Waals surface area contributed by atoms with E-state index in [0.29, 0.717) is 6.54 Å². The number of rotatable bonds is 4. The van der Waals surface area contributed by atoms with Crippen LogP contribution in [0.25, 0.3) is 11.5 Å². The van der Waals surface area contributed by atoms with Gasteiger partial charge in [0.1, 0.15) is 5.82 Å². The van der Waals surface area contributed by atoms with E-state index in [1.807, 2.05) is 33.8 Å². The van der Waals surface area contributed by atoms with Crippen LogP contribution in [-0.2, 0) is 13.0 Å². The van der Waals surface area contributed by atoms with Crippen molar-refractivity contribution < 1.29 is 4.79 Å². The van der Waals surface area contributed by atoms with Crippen LogP contribution >= 0.6 is 0 Å². The number of urea groups is 1. The Hall–Kier alpha value is -3.80. The molecule has 1 N–H and O–H groups in total. The van der Waals surface area contributed by atoms with Crippen LogP contribution in [0.2, 0.25) is 0 Å². The van der Waals surface area contributed by atoms with Gasteiger partial charge in [0.25, 0.3) is 0 Å². The first-order valence-electron chi connectivity index (χ1n) is 13.2. The van der Waals surface area contributed by atoms with Crippen molar-refractivity contribution in [3.8, 4) is 11.5 Å². The first-order chi connectivity index (χ1) is 17.7. The lowest BCUT2D eigenvalue weighted by Crippen LogP contribution is -2.46. The molecule has 2 amide bonds. The lowest BCUT2D eigenvalue weighted by molar-refractivity contribution is 0.173. The molecule has 4 aromatic rings. The van der Waals surface area contributed by atoms with E-state index < -0.39 is 0 Å². The Labute approximate surface area is 212 Å². The zero-order valence-corrected chi connectivity index (χ0v) is 20.8. The molecule has 0 spiro atoms. The summed E-state index contributed by atoms with van der Waals surface area (Å²) in [7, 11) is 0. The number of nitrogens with zero attached hydrogens (tertiary/aromatic N) is 4. The highest BCUT2D eigenvalue weighted by Crippen LogP contribution is 2.38. The number of aromatic nitrogens is 3. The minimum atomic E-state index is -0.203. The van der Waals surface area contributed by atoms with Gasteiger partial charge in [-0.15, -0.1) is 0 Å². The Kier molecular flexibility index (Phi) is 6.09. The van der Waals surface area contributed by atoms with E-state index in [-0.39, 0.29) is 18.1 Å². The molecule has 2 aromatic carbocycles. The topological polar surface area (TPSA) is 55.1 Å². The summed E-state index contributed by atoms with van der Waals surface area (Å²) in [6.45, 7) is 2.64. The maximum atomic E-state index is 14.0. The van der Waals surface area contributed by atoms with Gasteiger partial charge >= 0.3 is 6.03 Å². The molecule has 1 aliphatic heterocycles. The summed E-state index contributed by atoms with van der Waals surface area (Å²) >= 11 is 0. The largest absolute Gasteiger partial charge is 0.335 e. The van der Waals surface area contributed by atoms with Crippen LogP contribution in [0.4, 0.5) is 4.79 Å². The van der Waals surface area contributed by atoms with E-state index in [1.54, 1.807) is 0 Å². The quantitative estimate of drug-likeness (QED) is 0.380. The highest BCUT2D eigenvalue weighted by molar-refractivity contribution is 5.76. The Morgan fingerprint density at radius 2 is 1.67 bits per heavy atom. The van der Waals surface area contributed by atoms with Gasteiger partial charge in [-0.05, 0) is 49.1 Å². The average molecular weight is 480 g/mol. The van der Waals surface area contributed by atoms with E-state index in [2.05, 4.69) is 71.5 Å². The van der Waals surface area contributed by atoms with E-state index in [1.165, 1.54) is 19.3 Å². The number of hydrogen-bond donors (Lipinski definition) is 1. The number of para-hydroxylation sites is 1. The molecule has 6 rings (SSSR count). The van der Waals surface area contributed by atoms with Crippen LogP contribution in [0, 0.1) is 0 Å². The molecule has 6 heteroatoms.